The Morgan fingerprint density at radius 1 is 1.50 bits per heavy atom. The van der Waals surface area contributed by atoms with E-state index in [9.17, 15) is 4.79 Å². The van der Waals surface area contributed by atoms with E-state index in [4.69, 9.17) is 4.74 Å². The summed E-state index contributed by atoms with van der Waals surface area (Å²) >= 11 is 3.34. The molecule has 0 aliphatic carbocycles. The number of imidazole rings is 1. The molecule has 0 aromatic carbocycles. The number of rotatable bonds is 3. The van der Waals surface area contributed by atoms with E-state index < -0.39 is 5.97 Å². The molecular weight excluding hydrogens is 298 g/mol. The van der Waals surface area contributed by atoms with Gasteiger partial charge >= 0.3 is 5.97 Å². The van der Waals surface area contributed by atoms with Crippen molar-refractivity contribution in [2.45, 2.75) is 13.8 Å². The van der Waals surface area contributed by atoms with Gasteiger partial charge in [-0.3, -0.25) is 4.98 Å². The molecule has 1 N–H and O–H groups in total. The summed E-state index contributed by atoms with van der Waals surface area (Å²) in [5, 5.41) is 0. The minimum absolute atomic E-state index is 0.312. The van der Waals surface area contributed by atoms with Crippen molar-refractivity contribution in [1.82, 2.24) is 15.0 Å². The summed E-state index contributed by atoms with van der Waals surface area (Å²) in [6.45, 7) is 3.88. The van der Waals surface area contributed by atoms with Crippen LogP contribution in [0.25, 0.3) is 11.4 Å². The van der Waals surface area contributed by atoms with Crippen LogP contribution >= 0.6 is 15.9 Å². The molecule has 2 heterocycles. The molecule has 0 amide bonds. The number of esters is 1. The van der Waals surface area contributed by atoms with Gasteiger partial charge in [0.05, 0.1) is 6.61 Å². The first-order chi connectivity index (χ1) is 8.61. The molecule has 18 heavy (non-hydrogen) atoms. The number of ether oxygens (including phenoxy) is 1. The number of aromatic nitrogens is 3. The number of nitrogens with zero attached hydrogens (tertiary/aromatic N) is 2. The van der Waals surface area contributed by atoms with Gasteiger partial charge in [0.2, 0.25) is 0 Å². The zero-order valence-electron chi connectivity index (χ0n) is 10.0. The first-order valence-corrected chi connectivity index (χ1v) is 6.25. The highest BCUT2D eigenvalue weighted by Crippen LogP contribution is 2.20. The van der Waals surface area contributed by atoms with Crippen LogP contribution in [-0.2, 0) is 4.74 Å². The van der Waals surface area contributed by atoms with E-state index in [0.29, 0.717) is 23.8 Å². The quantitative estimate of drug-likeness (QED) is 0.885. The Morgan fingerprint density at radius 2 is 2.28 bits per heavy atom. The lowest BCUT2D eigenvalue weighted by Gasteiger charge is -1.98. The first kappa shape index (κ1) is 12.8. The van der Waals surface area contributed by atoms with Crippen molar-refractivity contribution >= 4 is 21.9 Å². The van der Waals surface area contributed by atoms with E-state index in [1.54, 1.807) is 26.2 Å². The molecule has 0 saturated heterocycles. The van der Waals surface area contributed by atoms with E-state index in [-0.39, 0.29) is 0 Å². The Hall–Kier alpha value is -1.69. The highest BCUT2D eigenvalue weighted by atomic mass is 79.9. The van der Waals surface area contributed by atoms with Crippen molar-refractivity contribution in [3.63, 3.8) is 0 Å². The molecule has 0 bridgehead atoms. The Morgan fingerprint density at radius 3 is 2.94 bits per heavy atom. The Kier molecular flexibility index (Phi) is 3.76. The van der Waals surface area contributed by atoms with Gasteiger partial charge in [-0.2, -0.15) is 0 Å². The zero-order valence-corrected chi connectivity index (χ0v) is 11.6. The largest absolute Gasteiger partial charge is 0.461 e. The van der Waals surface area contributed by atoms with E-state index in [0.717, 1.165) is 10.0 Å². The molecule has 2 rings (SSSR count). The lowest BCUT2D eigenvalue weighted by atomic mass is 10.3. The number of aryl methyl sites for hydroxylation is 1. The molecule has 5 nitrogen and oxygen atoms in total. The minimum Gasteiger partial charge on any atom is -0.461 e. The second kappa shape index (κ2) is 5.30. The van der Waals surface area contributed by atoms with Gasteiger partial charge in [0, 0.05) is 28.1 Å². The van der Waals surface area contributed by atoms with Gasteiger partial charge in [-0.1, -0.05) is 0 Å². The standard InChI is InChI=1S/C12H12BrN3O2/c1-3-18-12(17)10-7(2)15-11(16-10)8-4-9(13)6-14-5-8/h4-6H,3H2,1-2H3,(H,15,16). The molecule has 2 aromatic rings. The van der Waals surface area contributed by atoms with Gasteiger partial charge in [-0.25, -0.2) is 9.78 Å². The van der Waals surface area contributed by atoms with Crippen molar-refractivity contribution in [3.05, 3.63) is 34.3 Å². The van der Waals surface area contributed by atoms with Gasteiger partial charge < -0.3 is 9.72 Å². The molecule has 0 atom stereocenters. The first-order valence-electron chi connectivity index (χ1n) is 5.46. The monoisotopic (exact) mass is 309 g/mol. The molecule has 0 fully saturated rings. The predicted molar refractivity (Wildman–Crippen MR) is 70.2 cm³/mol. The fourth-order valence-corrected chi connectivity index (χ4v) is 1.90. The number of H-pyrrole nitrogens is 1. The third-order valence-corrected chi connectivity index (χ3v) is 2.77. The van der Waals surface area contributed by atoms with Crippen LogP contribution in [0.1, 0.15) is 23.1 Å². The van der Waals surface area contributed by atoms with Crippen molar-refractivity contribution in [3.8, 4) is 11.4 Å². The lowest BCUT2D eigenvalue weighted by Crippen LogP contribution is -2.06. The Balaban J connectivity index is 2.37. The van der Waals surface area contributed by atoms with Gasteiger partial charge in [0.1, 0.15) is 5.82 Å². The Bertz CT molecular complexity index is 580. The van der Waals surface area contributed by atoms with Crippen LogP contribution in [-0.4, -0.2) is 27.5 Å². The van der Waals surface area contributed by atoms with Gasteiger partial charge in [0.25, 0.3) is 0 Å². The normalized spacial score (nSPS) is 10.4. The van der Waals surface area contributed by atoms with Crippen LogP contribution in [0.3, 0.4) is 0 Å². The van der Waals surface area contributed by atoms with Crippen LogP contribution in [0, 0.1) is 6.92 Å². The highest BCUT2D eigenvalue weighted by molar-refractivity contribution is 9.10. The number of hydrogen-bond donors (Lipinski definition) is 1. The molecular formula is C12H12BrN3O2. The number of aromatic amines is 1. The smallest absolute Gasteiger partial charge is 0.358 e. The highest BCUT2D eigenvalue weighted by Gasteiger charge is 2.16. The summed E-state index contributed by atoms with van der Waals surface area (Å²) in [4.78, 5) is 23.0. The maximum atomic E-state index is 11.6. The molecule has 0 aliphatic rings. The lowest BCUT2D eigenvalue weighted by molar-refractivity contribution is 0.0519. The topological polar surface area (TPSA) is 67.9 Å². The summed E-state index contributed by atoms with van der Waals surface area (Å²) in [5.41, 5.74) is 1.80. The average Bonchev–Trinajstić information content (AvgIpc) is 2.72. The third-order valence-electron chi connectivity index (χ3n) is 2.33. The summed E-state index contributed by atoms with van der Waals surface area (Å²) in [5.74, 6) is 0.185. The summed E-state index contributed by atoms with van der Waals surface area (Å²) in [7, 11) is 0. The molecule has 2 aromatic heterocycles. The van der Waals surface area contributed by atoms with Crippen LogP contribution in [0.15, 0.2) is 22.9 Å². The van der Waals surface area contributed by atoms with E-state index in [2.05, 4.69) is 30.9 Å². The summed E-state index contributed by atoms with van der Waals surface area (Å²) in [6, 6.07) is 1.88. The summed E-state index contributed by atoms with van der Waals surface area (Å²) < 4.78 is 5.79. The van der Waals surface area contributed by atoms with Crippen molar-refractivity contribution < 1.29 is 9.53 Å². The van der Waals surface area contributed by atoms with Crippen molar-refractivity contribution in [1.29, 1.82) is 0 Å². The van der Waals surface area contributed by atoms with E-state index >= 15 is 0 Å². The molecule has 0 saturated carbocycles. The number of halogens is 1. The number of carbonyl (C=O) groups excluding carboxylic acids is 1. The third kappa shape index (κ3) is 2.59. The number of pyridine rings is 1. The molecule has 94 valence electrons. The minimum atomic E-state index is -0.416. The summed E-state index contributed by atoms with van der Waals surface area (Å²) in [6.07, 6.45) is 3.36. The fourth-order valence-electron chi connectivity index (χ4n) is 1.54. The van der Waals surface area contributed by atoms with Crippen LogP contribution < -0.4 is 0 Å². The number of carbonyl (C=O) groups is 1. The van der Waals surface area contributed by atoms with E-state index in [1.807, 2.05) is 6.07 Å². The van der Waals surface area contributed by atoms with Gasteiger partial charge in [0.15, 0.2) is 5.69 Å². The zero-order chi connectivity index (χ0) is 13.1. The van der Waals surface area contributed by atoms with Crippen LogP contribution in [0.5, 0.6) is 0 Å². The van der Waals surface area contributed by atoms with Crippen molar-refractivity contribution in [2.75, 3.05) is 6.61 Å². The molecule has 6 heteroatoms. The SMILES string of the molecule is CCOC(=O)c1nc(-c2cncc(Br)c2)[nH]c1C. The maximum Gasteiger partial charge on any atom is 0.358 e. The molecule has 0 spiro atoms. The van der Waals surface area contributed by atoms with Gasteiger partial charge in [-0.15, -0.1) is 0 Å². The average molecular weight is 310 g/mol. The fraction of sp³-hybridized carbons (Fsp3) is 0.250. The van der Waals surface area contributed by atoms with Crippen molar-refractivity contribution in [2.24, 2.45) is 0 Å². The second-order valence-electron chi connectivity index (χ2n) is 3.67. The van der Waals surface area contributed by atoms with Gasteiger partial charge in [-0.05, 0) is 35.8 Å². The predicted octanol–water partition coefficient (Wildman–Crippen LogP) is 2.72. The van der Waals surface area contributed by atoms with Crippen LogP contribution in [0.4, 0.5) is 0 Å². The number of hydrogen-bond acceptors (Lipinski definition) is 4. The molecule has 0 aliphatic heterocycles. The Labute approximate surface area is 113 Å². The van der Waals surface area contributed by atoms with Crippen LogP contribution in [0.2, 0.25) is 0 Å². The molecule has 0 unspecified atom stereocenters. The second-order valence-corrected chi connectivity index (χ2v) is 4.59. The molecule has 0 radical (unpaired) electrons. The maximum absolute atomic E-state index is 11.6. The van der Waals surface area contributed by atoms with E-state index in [1.165, 1.54) is 0 Å². The number of nitrogens with one attached hydrogen (secondary N) is 1.